The molecule has 0 saturated carbocycles. The zero-order valence-corrected chi connectivity index (χ0v) is 13.3. The highest BCUT2D eigenvalue weighted by atomic mass is 35.5. The lowest BCUT2D eigenvalue weighted by Crippen LogP contribution is -2.20. The van der Waals surface area contributed by atoms with Crippen LogP contribution in [-0.4, -0.2) is 12.5 Å². The van der Waals surface area contributed by atoms with Gasteiger partial charge in [0.05, 0.1) is 26.3 Å². The van der Waals surface area contributed by atoms with Crippen molar-refractivity contribution in [3.05, 3.63) is 57.0 Å². The smallest absolute Gasteiger partial charge is 0.262 e. The summed E-state index contributed by atoms with van der Waals surface area (Å²) in [5.41, 5.74) is 0.682. The number of rotatable bonds is 4. The first-order valence-electron chi connectivity index (χ1n) is 6.07. The lowest BCUT2D eigenvalue weighted by molar-refractivity contribution is -0.118. The van der Waals surface area contributed by atoms with Gasteiger partial charge < -0.3 is 10.1 Å². The molecule has 7 heteroatoms. The van der Waals surface area contributed by atoms with Crippen molar-refractivity contribution in [3.63, 3.8) is 0 Å². The fourth-order valence-corrected chi connectivity index (χ4v) is 2.23. The SMILES string of the molecule is N#Cc1ccccc1OCC(=O)Nc1cc(Cl)c(Cl)cc1Cl. The van der Waals surface area contributed by atoms with Crippen molar-refractivity contribution in [1.82, 2.24) is 0 Å². The summed E-state index contributed by atoms with van der Waals surface area (Å²) in [6.45, 7) is -0.269. The number of nitriles is 1. The fraction of sp³-hybridized carbons (Fsp3) is 0.0667. The molecular formula is C15H9Cl3N2O2. The average Bonchev–Trinajstić information content (AvgIpc) is 2.51. The van der Waals surface area contributed by atoms with Gasteiger partial charge in [0.25, 0.3) is 5.91 Å². The number of para-hydroxylation sites is 1. The number of halogens is 3. The van der Waals surface area contributed by atoms with Gasteiger partial charge in [-0.05, 0) is 24.3 Å². The van der Waals surface area contributed by atoms with Crippen LogP contribution in [0.15, 0.2) is 36.4 Å². The maximum atomic E-state index is 11.9. The fourth-order valence-electron chi connectivity index (χ4n) is 1.63. The number of carbonyl (C=O) groups is 1. The predicted molar refractivity (Wildman–Crippen MR) is 86.8 cm³/mol. The van der Waals surface area contributed by atoms with Crippen molar-refractivity contribution in [3.8, 4) is 11.8 Å². The Morgan fingerprint density at radius 1 is 1.14 bits per heavy atom. The highest BCUT2D eigenvalue weighted by Crippen LogP contribution is 2.32. The van der Waals surface area contributed by atoms with Crippen LogP contribution < -0.4 is 10.1 Å². The Hall–Kier alpha value is -1.93. The highest BCUT2D eigenvalue weighted by molar-refractivity contribution is 6.44. The van der Waals surface area contributed by atoms with E-state index < -0.39 is 5.91 Å². The summed E-state index contributed by atoms with van der Waals surface area (Å²) in [6, 6.07) is 11.5. The summed E-state index contributed by atoms with van der Waals surface area (Å²) in [7, 11) is 0. The quantitative estimate of drug-likeness (QED) is 0.819. The molecule has 0 saturated heterocycles. The monoisotopic (exact) mass is 354 g/mol. The molecule has 0 fully saturated rings. The molecule has 0 aliphatic carbocycles. The molecule has 0 atom stereocenters. The summed E-state index contributed by atoms with van der Waals surface area (Å²) in [4.78, 5) is 11.9. The molecule has 22 heavy (non-hydrogen) atoms. The Balaban J connectivity index is 2.02. The van der Waals surface area contributed by atoms with E-state index in [-0.39, 0.29) is 16.7 Å². The molecule has 4 nitrogen and oxygen atoms in total. The molecule has 0 spiro atoms. The van der Waals surface area contributed by atoms with E-state index in [2.05, 4.69) is 5.32 Å². The zero-order valence-electron chi connectivity index (χ0n) is 11.1. The van der Waals surface area contributed by atoms with Gasteiger partial charge in [0.2, 0.25) is 0 Å². The topological polar surface area (TPSA) is 62.1 Å². The van der Waals surface area contributed by atoms with Crippen LogP contribution in [0, 0.1) is 11.3 Å². The number of hydrogen-bond donors (Lipinski definition) is 1. The van der Waals surface area contributed by atoms with Gasteiger partial charge in [0.15, 0.2) is 6.61 Å². The first-order chi connectivity index (χ1) is 10.5. The number of ether oxygens (including phenoxy) is 1. The van der Waals surface area contributed by atoms with Crippen LogP contribution in [0.25, 0.3) is 0 Å². The summed E-state index contributed by atoms with van der Waals surface area (Å²) >= 11 is 17.7. The van der Waals surface area contributed by atoms with Gasteiger partial charge in [0, 0.05) is 0 Å². The van der Waals surface area contributed by atoms with E-state index in [0.29, 0.717) is 22.0 Å². The molecule has 2 aromatic rings. The second-order valence-electron chi connectivity index (χ2n) is 4.19. The van der Waals surface area contributed by atoms with Crippen LogP contribution in [0.1, 0.15) is 5.56 Å². The number of amides is 1. The Bertz CT molecular complexity index is 757. The van der Waals surface area contributed by atoms with E-state index in [1.54, 1.807) is 24.3 Å². The van der Waals surface area contributed by atoms with E-state index in [9.17, 15) is 4.79 Å². The van der Waals surface area contributed by atoms with E-state index in [1.165, 1.54) is 12.1 Å². The third kappa shape index (κ3) is 4.05. The number of nitrogens with zero attached hydrogens (tertiary/aromatic N) is 1. The minimum Gasteiger partial charge on any atom is -0.482 e. The van der Waals surface area contributed by atoms with Gasteiger partial charge in [-0.2, -0.15) is 5.26 Å². The first-order valence-corrected chi connectivity index (χ1v) is 7.21. The molecule has 2 rings (SSSR count). The molecule has 1 amide bonds. The van der Waals surface area contributed by atoms with E-state index in [0.717, 1.165) is 0 Å². The molecule has 0 unspecified atom stereocenters. The third-order valence-electron chi connectivity index (χ3n) is 2.65. The molecule has 0 heterocycles. The Morgan fingerprint density at radius 3 is 2.55 bits per heavy atom. The molecule has 1 N–H and O–H groups in total. The van der Waals surface area contributed by atoms with Gasteiger partial charge in [-0.25, -0.2) is 0 Å². The Morgan fingerprint density at radius 2 is 1.82 bits per heavy atom. The summed E-state index contributed by atoms with van der Waals surface area (Å²) in [6.07, 6.45) is 0. The minimum absolute atomic E-state index is 0.264. The van der Waals surface area contributed by atoms with E-state index in [1.807, 2.05) is 6.07 Å². The normalized spacial score (nSPS) is 9.91. The standard InChI is InChI=1S/C15H9Cl3N2O2/c16-10-5-12(18)13(6-11(10)17)20-15(21)8-22-14-4-2-1-3-9(14)7-19/h1-6H,8H2,(H,20,21). The van der Waals surface area contributed by atoms with Crippen LogP contribution in [0.3, 0.4) is 0 Å². The third-order valence-corrected chi connectivity index (χ3v) is 3.69. The van der Waals surface area contributed by atoms with Gasteiger partial charge in [-0.15, -0.1) is 0 Å². The van der Waals surface area contributed by atoms with Gasteiger partial charge in [0.1, 0.15) is 11.8 Å². The Labute approximate surface area is 142 Å². The van der Waals surface area contributed by atoms with Crippen LogP contribution in [0.2, 0.25) is 15.1 Å². The summed E-state index contributed by atoms with van der Waals surface area (Å²) in [5.74, 6) is -0.103. The first kappa shape index (κ1) is 16.4. The largest absolute Gasteiger partial charge is 0.482 e. The van der Waals surface area contributed by atoms with Crippen molar-refractivity contribution in [2.75, 3.05) is 11.9 Å². The van der Waals surface area contributed by atoms with Gasteiger partial charge >= 0.3 is 0 Å². The van der Waals surface area contributed by atoms with Gasteiger partial charge in [-0.3, -0.25) is 4.79 Å². The van der Waals surface area contributed by atoms with Crippen molar-refractivity contribution in [1.29, 1.82) is 5.26 Å². The molecule has 2 aromatic carbocycles. The van der Waals surface area contributed by atoms with E-state index in [4.69, 9.17) is 44.8 Å². The minimum atomic E-state index is -0.437. The number of anilines is 1. The summed E-state index contributed by atoms with van der Waals surface area (Å²) < 4.78 is 5.32. The molecule has 0 aliphatic rings. The molecule has 112 valence electrons. The summed E-state index contributed by atoms with van der Waals surface area (Å²) in [5, 5.41) is 12.3. The van der Waals surface area contributed by atoms with Crippen molar-refractivity contribution in [2.24, 2.45) is 0 Å². The molecule has 0 aliphatic heterocycles. The van der Waals surface area contributed by atoms with Crippen molar-refractivity contribution >= 4 is 46.4 Å². The molecule has 0 aromatic heterocycles. The Kier molecular flexibility index (Phi) is 5.51. The van der Waals surface area contributed by atoms with Crippen LogP contribution in [0.5, 0.6) is 5.75 Å². The van der Waals surface area contributed by atoms with Crippen LogP contribution in [0.4, 0.5) is 5.69 Å². The van der Waals surface area contributed by atoms with Crippen molar-refractivity contribution < 1.29 is 9.53 Å². The maximum Gasteiger partial charge on any atom is 0.262 e. The molecule has 0 bridgehead atoms. The molecular weight excluding hydrogens is 347 g/mol. The predicted octanol–water partition coefficient (Wildman–Crippen LogP) is 4.54. The highest BCUT2D eigenvalue weighted by Gasteiger charge is 2.11. The number of nitrogens with one attached hydrogen (secondary N) is 1. The van der Waals surface area contributed by atoms with Crippen LogP contribution >= 0.6 is 34.8 Å². The number of hydrogen-bond acceptors (Lipinski definition) is 3. The number of carbonyl (C=O) groups excluding carboxylic acids is 1. The second-order valence-corrected chi connectivity index (χ2v) is 5.41. The van der Waals surface area contributed by atoms with Crippen LogP contribution in [-0.2, 0) is 4.79 Å². The second kappa shape index (κ2) is 7.37. The van der Waals surface area contributed by atoms with E-state index >= 15 is 0 Å². The van der Waals surface area contributed by atoms with Crippen molar-refractivity contribution in [2.45, 2.75) is 0 Å². The number of benzene rings is 2. The van der Waals surface area contributed by atoms with Gasteiger partial charge in [-0.1, -0.05) is 46.9 Å². The molecule has 0 radical (unpaired) electrons. The zero-order chi connectivity index (χ0) is 16.1. The average molecular weight is 356 g/mol. The maximum absolute atomic E-state index is 11.9. The lowest BCUT2D eigenvalue weighted by Gasteiger charge is -2.10. The lowest BCUT2D eigenvalue weighted by atomic mass is 10.2.